The number of phenolic OH excluding ortho intramolecular Hbond substituents is 2. The molecule has 3 nitrogen and oxygen atoms in total. The summed E-state index contributed by atoms with van der Waals surface area (Å²) in [7, 11) is 0. The Bertz CT molecular complexity index is 735. The fourth-order valence-corrected chi connectivity index (χ4v) is 2.81. The summed E-state index contributed by atoms with van der Waals surface area (Å²) in [5.74, 6) is 0.430. The molecule has 2 aromatic carbocycles. The Labute approximate surface area is 135 Å². The largest absolute Gasteiger partial charge is 0.508 e. The standard InChI is InChI=1S/C20H18O3/c21-18-8-1-4-14(12-18)10-16-6-3-7-17(20(16)23)11-15-5-2-9-19(22)13-15/h1-2,4-5,8-13,21-22H,3,6-7H2/b16-10-,17-11+. The minimum absolute atomic E-state index is 0.0444. The molecule has 1 fully saturated rings. The van der Waals surface area contributed by atoms with Gasteiger partial charge in [0.1, 0.15) is 11.5 Å². The van der Waals surface area contributed by atoms with Crippen molar-refractivity contribution in [3.05, 3.63) is 70.8 Å². The van der Waals surface area contributed by atoms with Crippen LogP contribution in [0.2, 0.25) is 0 Å². The number of rotatable bonds is 2. The molecular weight excluding hydrogens is 288 g/mol. The highest BCUT2D eigenvalue weighted by atomic mass is 16.3. The summed E-state index contributed by atoms with van der Waals surface area (Å²) in [5.41, 5.74) is 3.17. The normalized spacial score (nSPS) is 18.5. The molecule has 1 saturated carbocycles. The van der Waals surface area contributed by atoms with Crippen LogP contribution in [0.1, 0.15) is 30.4 Å². The molecule has 116 valence electrons. The first-order valence-corrected chi connectivity index (χ1v) is 7.66. The molecule has 3 rings (SSSR count). The Morgan fingerprint density at radius 2 is 1.26 bits per heavy atom. The lowest BCUT2D eigenvalue weighted by atomic mass is 9.87. The van der Waals surface area contributed by atoms with Crippen molar-refractivity contribution < 1.29 is 15.0 Å². The van der Waals surface area contributed by atoms with Gasteiger partial charge in [0.05, 0.1) is 0 Å². The van der Waals surface area contributed by atoms with Crippen molar-refractivity contribution in [3.8, 4) is 11.5 Å². The first-order chi connectivity index (χ1) is 11.1. The second-order valence-corrected chi connectivity index (χ2v) is 5.71. The lowest BCUT2D eigenvalue weighted by Gasteiger charge is -2.16. The zero-order chi connectivity index (χ0) is 16.2. The summed E-state index contributed by atoms with van der Waals surface area (Å²) >= 11 is 0. The van der Waals surface area contributed by atoms with Crippen LogP contribution < -0.4 is 0 Å². The molecule has 2 N–H and O–H groups in total. The van der Waals surface area contributed by atoms with E-state index in [9.17, 15) is 15.0 Å². The zero-order valence-electron chi connectivity index (χ0n) is 12.7. The molecule has 23 heavy (non-hydrogen) atoms. The molecule has 0 saturated heterocycles. The SMILES string of the molecule is O=C1/C(=C\c2cccc(O)c2)CCC/C1=C\c1cccc(O)c1. The number of allylic oxidation sites excluding steroid dienone is 2. The average Bonchev–Trinajstić information content (AvgIpc) is 2.51. The average molecular weight is 306 g/mol. The summed E-state index contributed by atoms with van der Waals surface area (Å²) < 4.78 is 0. The van der Waals surface area contributed by atoms with Crippen molar-refractivity contribution >= 4 is 17.9 Å². The number of hydrogen-bond donors (Lipinski definition) is 2. The van der Waals surface area contributed by atoms with Crippen molar-refractivity contribution in [2.45, 2.75) is 19.3 Å². The number of aromatic hydroxyl groups is 2. The van der Waals surface area contributed by atoms with Gasteiger partial charge in [-0.1, -0.05) is 24.3 Å². The number of ketones is 1. The lowest BCUT2D eigenvalue weighted by Crippen LogP contribution is -2.12. The van der Waals surface area contributed by atoms with Gasteiger partial charge in [-0.2, -0.15) is 0 Å². The van der Waals surface area contributed by atoms with Crippen LogP contribution in [0.15, 0.2) is 59.7 Å². The highest BCUT2D eigenvalue weighted by Crippen LogP contribution is 2.29. The van der Waals surface area contributed by atoms with Gasteiger partial charge in [-0.05, 0) is 66.8 Å². The van der Waals surface area contributed by atoms with E-state index in [1.807, 2.05) is 24.3 Å². The molecular formula is C20H18O3. The van der Waals surface area contributed by atoms with E-state index in [0.29, 0.717) is 0 Å². The molecule has 2 aromatic rings. The van der Waals surface area contributed by atoms with Crippen LogP contribution in [-0.2, 0) is 4.79 Å². The third-order valence-electron chi connectivity index (χ3n) is 3.90. The maximum absolute atomic E-state index is 12.6. The Hall–Kier alpha value is -2.81. The van der Waals surface area contributed by atoms with Gasteiger partial charge < -0.3 is 10.2 Å². The van der Waals surface area contributed by atoms with Gasteiger partial charge in [-0.25, -0.2) is 0 Å². The monoisotopic (exact) mass is 306 g/mol. The molecule has 0 bridgehead atoms. The topological polar surface area (TPSA) is 57.5 Å². The second-order valence-electron chi connectivity index (χ2n) is 5.71. The van der Waals surface area contributed by atoms with Crippen LogP contribution >= 0.6 is 0 Å². The van der Waals surface area contributed by atoms with Gasteiger partial charge in [0, 0.05) is 11.1 Å². The van der Waals surface area contributed by atoms with E-state index in [0.717, 1.165) is 41.5 Å². The van der Waals surface area contributed by atoms with Crippen molar-refractivity contribution in [2.24, 2.45) is 0 Å². The van der Waals surface area contributed by atoms with E-state index < -0.39 is 0 Å². The predicted octanol–water partition coefficient (Wildman–Crippen LogP) is 4.32. The number of phenols is 2. The van der Waals surface area contributed by atoms with Crippen LogP contribution in [-0.4, -0.2) is 16.0 Å². The number of hydrogen-bond acceptors (Lipinski definition) is 3. The molecule has 0 aromatic heterocycles. The summed E-state index contributed by atoms with van der Waals surface area (Å²) in [6, 6.07) is 13.8. The minimum atomic E-state index is 0.0444. The molecule has 0 atom stereocenters. The van der Waals surface area contributed by atoms with Crippen LogP contribution in [0.3, 0.4) is 0 Å². The summed E-state index contributed by atoms with van der Waals surface area (Å²) in [6.07, 6.45) is 6.09. The number of carbonyl (C=O) groups is 1. The van der Waals surface area contributed by atoms with Crippen molar-refractivity contribution in [1.29, 1.82) is 0 Å². The van der Waals surface area contributed by atoms with Crippen LogP contribution in [0, 0.1) is 0 Å². The molecule has 0 heterocycles. The van der Waals surface area contributed by atoms with Gasteiger partial charge in [0.15, 0.2) is 5.78 Å². The van der Waals surface area contributed by atoms with Crippen molar-refractivity contribution in [3.63, 3.8) is 0 Å². The van der Waals surface area contributed by atoms with E-state index in [1.165, 1.54) is 0 Å². The highest BCUT2D eigenvalue weighted by molar-refractivity contribution is 6.13. The molecule has 3 heteroatoms. The number of carbonyl (C=O) groups excluding carboxylic acids is 1. The molecule has 0 amide bonds. The maximum atomic E-state index is 12.6. The van der Waals surface area contributed by atoms with Gasteiger partial charge in [0.2, 0.25) is 0 Å². The number of benzene rings is 2. The van der Waals surface area contributed by atoms with E-state index >= 15 is 0 Å². The lowest BCUT2D eigenvalue weighted by molar-refractivity contribution is -0.112. The zero-order valence-corrected chi connectivity index (χ0v) is 12.7. The molecule has 0 aliphatic heterocycles. The van der Waals surface area contributed by atoms with Gasteiger partial charge >= 0.3 is 0 Å². The minimum Gasteiger partial charge on any atom is -0.508 e. The van der Waals surface area contributed by atoms with Crippen LogP contribution in [0.25, 0.3) is 12.2 Å². The maximum Gasteiger partial charge on any atom is 0.185 e. The van der Waals surface area contributed by atoms with Crippen molar-refractivity contribution in [1.82, 2.24) is 0 Å². The molecule has 1 aliphatic carbocycles. The predicted molar refractivity (Wildman–Crippen MR) is 91.0 cm³/mol. The Kier molecular flexibility index (Phi) is 4.29. The highest BCUT2D eigenvalue weighted by Gasteiger charge is 2.20. The van der Waals surface area contributed by atoms with Crippen molar-refractivity contribution in [2.75, 3.05) is 0 Å². The summed E-state index contributed by atoms with van der Waals surface area (Å²) in [6.45, 7) is 0. The fourth-order valence-electron chi connectivity index (χ4n) is 2.81. The second kappa shape index (κ2) is 6.53. The Morgan fingerprint density at radius 1 is 0.783 bits per heavy atom. The summed E-state index contributed by atoms with van der Waals surface area (Å²) in [4.78, 5) is 12.6. The van der Waals surface area contributed by atoms with E-state index in [1.54, 1.807) is 36.4 Å². The Morgan fingerprint density at radius 3 is 1.70 bits per heavy atom. The first-order valence-electron chi connectivity index (χ1n) is 7.66. The molecule has 0 unspecified atom stereocenters. The van der Waals surface area contributed by atoms with Gasteiger partial charge in [0.25, 0.3) is 0 Å². The van der Waals surface area contributed by atoms with E-state index in [4.69, 9.17) is 0 Å². The molecule has 1 aliphatic rings. The third kappa shape index (κ3) is 3.69. The fraction of sp³-hybridized carbons (Fsp3) is 0.150. The summed E-state index contributed by atoms with van der Waals surface area (Å²) in [5, 5.41) is 19.1. The van der Waals surface area contributed by atoms with Gasteiger partial charge in [-0.15, -0.1) is 0 Å². The van der Waals surface area contributed by atoms with Crippen LogP contribution in [0.5, 0.6) is 11.5 Å². The smallest absolute Gasteiger partial charge is 0.185 e. The van der Waals surface area contributed by atoms with E-state index in [-0.39, 0.29) is 17.3 Å². The quantitative estimate of drug-likeness (QED) is 0.812. The Balaban J connectivity index is 1.89. The first kappa shape index (κ1) is 15.1. The van der Waals surface area contributed by atoms with E-state index in [2.05, 4.69) is 0 Å². The molecule has 0 spiro atoms. The third-order valence-corrected chi connectivity index (χ3v) is 3.90. The molecule has 0 radical (unpaired) electrons. The van der Waals surface area contributed by atoms with Gasteiger partial charge in [-0.3, -0.25) is 4.79 Å². The number of Topliss-reactive ketones (excluding diaryl/α,β-unsaturated/α-hetero) is 1. The van der Waals surface area contributed by atoms with Crippen LogP contribution in [0.4, 0.5) is 0 Å².